The molecule has 28 heavy (non-hydrogen) atoms. The second kappa shape index (κ2) is 9.03. The van der Waals surface area contributed by atoms with E-state index in [1.807, 2.05) is 49.4 Å². The fourth-order valence-electron chi connectivity index (χ4n) is 2.70. The molecule has 3 rings (SSSR count). The topological polar surface area (TPSA) is 83.7 Å². The lowest BCUT2D eigenvalue weighted by atomic mass is 10.1. The van der Waals surface area contributed by atoms with Crippen molar-refractivity contribution in [2.24, 2.45) is 0 Å². The second-order valence-corrected chi connectivity index (χ2v) is 6.22. The fourth-order valence-corrected chi connectivity index (χ4v) is 2.70. The van der Waals surface area contributed by atoms with Crippen LogP contribution in [0.3, 0.4) is 0 Å². The Labute approximate surface area is 163 Å². The van der Waals surface area contributed by atoms with Gasteiger partial charge < -0.3 is 18.6 Å². The van der Waals surface area contributed by atoms with Gasteiger partial charge in [0.05, 0.1) is 14.2 Å². The molecule has 0 spiro atoms. The summed E-state index contributed by atoms with van der Waals surface area (Å²) in [6.07, 6.45) is 0.756. The molecule has 0 N–H and O–H groups in total. The van der Waals surface area contributed by atoms with Crippen LogP contribution in [0.5, 0.6) is 11.5 Å². The normalized spacial score (nSPS) is 10.5. The largest absolute Gasteiger partial charge is 0.493 e. The zero-order valence-electron chi connectivity index (χ0n) is 16.1. The van der Waals surface area contributed by atoms with Crippen molar-refractivity contribution in [2.75, 3.05) is 14.2 Å². The number of hydrogen-bond donors (Lipinski definition) is 0. The number of aryl methyl sites for hydroxylation is 2. The van der Waals surface area contributed by atoms with Crippen LogP contribution in [0, 0.1) is 6.92 Å². The Balaban J connectivity index is 1.51. The minimum Gasteiger partial charge on any atom is -0.493 e. The van der Waals surface area contributed by atoms with E-state index in [1.54, 1.807) is 14.2 Å². The van der Waals surface area contributed by atoms with Gasteiger partial charge in [-0.2, -0.15) is 0 Å². The molecule has 146 valence electrons. The van der Waals surface area contributed by atoms with E-state index in [4.69, 9.17) is 18.6 Å². The maximum absolute atomic E-state index is 12.0. The molecule has 7 nitrogen and oxygen atoms in total. The first-order valence-electron chi connectivity index (χ1n) is 8.85. The number of carbonyl (C=O) groups is 1. The molecule has 2 aromatic carbocycles. The van der Waals surface area contributed by atoms with Crippen LogP contribution < -0.4 is 9.47 Å². The summed E-state index contributed by atoms with van der Waals surface area (Å²) in [7, 11) is 3.15. The van der Waals surface area contributed by atoms with Gasteiger partial charge in [-0.1, -0.05) is 23.8 Å². The van der Waals surface area contributed by atoms with Crippen LogP contribution in [0.15, 0.2) is 46.9 Å². The van der Waals surface area contributed by atoms with Crippen molar-refractivity contribution in [2.45, 2.75) is 26.4 Å². The second-order valence-electron chi connectivity index (χ2n) is 6.22. The summed E-state index contributed by atoms with van der Waals surface area (Å²) in [6.45, 7) is 1.94. The lowest BCUT2D eigenvalue weighted by molar-refractivity contribution is -0.145. The Morgan fingerprint density at radius 3 is 2.61 bits per heavy atom. The molecule has 0 saturated heterocycles. The smallest absolute Gasteiger partial charge is 0.306 e. The van der Waals surface area contributed by atoms with E-state index in [2.05, 4.69) is 10.2 Å². The number of hydrogen-bond acceptors (Lipinski definition) is 7. The molecule has 0 atom stereocenters. The highest BCUT2D eigenvalue weighted by Crippen LogP contribution is 2.28. The molecule has 0 radical (unpaired) electrons. The van der Waals surface area contributed by atoms with Gasteiger partial charge in [0.2, 0.25) is 5.89 Å². The van der Waals surface area contributed by atoms with Gasteiger partial charge in [0.1, 0.15) is 0 Å². The third-order valence-corrected chi connectivity index (χ3v) is 4.15. The summed E-state index contributed by atoms with van der Waals surface area (Å²) in [4.78, 5) is 12.0. The summed E-state index contributed by atoms with van der Waals surface area (Å²) < 4.78 is 21.3. The van der Waals surface area contributed by atoms with Crippen molar-refractivity contribution in [3.8, 4) is 23.0 Å². The molecule has 1 heterocycles. The number of esters is 1. The number of carbonyl (C=O) groups excluding carboxylic acids is 1. The first-order chi connectivity index (χ1) is 13.6. The number of aromatic nitrogens is 2. The standard InChI is InChI=1S/C21H22N2O5/c1-14-5-4-6-16(11-14)21-23-22-19(28-21)13-27-20(24)10-8-15-7-9-17(25-2)18(12-15)26-3/h4-7,9,11-12H,8,10,13H2,1-3H3. The Bertz CT molecular complexity index is 951. The van der Waals surface area contributed by atoms with E-state index in [1.165, 1.54) is 0 Å². The summed E-state index contributed by atoms with van der Waals surface area (Å²) in [5, 5.41) is 7.93. The van der Waals surface area contributed by atoms with Gasteiger partial charge in [0, 0.05) is 12.0 Å². The molecular weight excluding hydrogens is 360 g/mol. The van der Waals surface area contributed by atoms with E-state index < -0.39 is 0 Å². The highest BCUT2D eigenvalue weighted by Gasteiger charge is 2.12. The monoisotopic (exact) mass is 382 g/mol. The van der Waals surface area contributed by atoms with E-state index in [0.29, 0.717) is 23.8 Å². The number of benzene rings is 2. The molecular formula is C21H22N2O5. The van der Waals surface area contributed by atoms with E-state index in [9.17, 15) is 4.79 Å². The van der Waals surface area contributed by atoms with Crippen molar-refractivity contribution in [3.05, 3.63) is 59.5 Å². The molecule has 0 aliphatic heterocycles. The van der Waals surface area contributed by atoms with Crippen LogP contribution >= 0.6 is 0 Å². The summed E-state index contributed by atoms with van der Waals surface area (Å²) >= 11 is 0. The SMILES string of the molecule is COc1ccc(CCC(=O)OCc2nnc(-c3cccc(C)c3)o2)cc1OC. The number of ether oxygens (including phenoxy) is 3. The summed E-state index contributed by atoms with van der Waals surface area (Å²) in [5.41, 5.74) is 2.88. The van der Waals surface area contributed by atoms with Gasteiger partial charge in [-0.05, 0) is 43.2 Å². The van der Waals surface area contributed by atoms with Gasteiger partial charge >= 0.3 is 5.97 Å². The molecule has 1 aromatic heterocycles. The van der Waals surface area contributed by atoms with Crippen LogP contribution in [0.2, 0.25) is 0 Å². The van der Waals surface area contributed by atoms with E-state index in [-0.39, 0.29) is 24.9 Å². The third-order valence-electron chi connectivity index (χ3n) is 4.15. The zero-order valence-corrected chi connectivity index (χ0v) is 16.1. The first-order valence-corrected chi connectivity index (χ1v) is 8.85. The Hall–Kier alpha value is -3.35. The number of nitrogens with zero attached hydrogens (tertiary/aromatic N) is 2. The van der Waals surface area contributed by atoms with Crippen LogP contribution in [0.4, 0.5) is 0 Å². The highest BCUT2D eigenvalue weighted by atomic mass is 16.5. The van der Waals surface area contributed by atoms with Crippen molar-refractivity contribution in [3.63, 3.8) is 0 Å². The van der Waals surface area contributed by atoms with Crippen molar-refractivity contribution >= 4 is 5.97 Å². The first kappa shape index (κ1) is 19.4. The Morgan fingerprint density at radius 1 is 1.04 bits per heavy atom. The van der Waals surface area contributed by atoms with Crippen LogP contribution in [-0.4, -0.2) is 30.4 Å². The van der Waals surface area contributed by atoms with Crippen LogP contribution in [0.25, 0.3) is 11.5 Å². The van der Waals surface area contributed by atoms with Crippen molar-refractivity contribution < 1.29 is 23.4 Å². The molecule has 0 unspecified atom stereocenters. The average molecular weight is 382 g/mol. The molecule has 0 aliphatic rings. The minimum absolute atomic E-state index is 0.0520. The zero-order chi connectivity index (χ0) is 19.9. The molecule has 0 fully saturated rings. The fraction of sp³-hybridized carbons (Fsp3) is 0.286. The molecule has 3 aromatic rings. The lowest BCUT2D eigenvalue weighted by Crippen LogP contribution is -2.06. The average Bonchev–Trinajstić information content (AvgIpc) is 3.19. The number of rotatable bonds is 8. The maximum Gasteiger partial charge on any atom is 0.306 e. The highest BCUT2D eigenvalue weighted by molar-refractivity contribution is 5.69. The summed E-state index contributed by atoms with van der Waals surface area (Å²) in [5.74, 6) is 1.60. The van der Waals surface area contributed by atoms with Crippen molar-refractivity contribution in [1.29, 1.82) is 0 Å². The molecule has 0 bridgehead atoms. The predicted octanol–water partition coefficient (Wildman–Crippen LogP) is 3.74. The van der Waals surface area contributed by atoms with Gasteiger partial charge in [0.25, 0.3) is 5.89 Å². The molecule has 0 amide bonds. The summed E-state index contributed by atoms with van der Waals surface area (Å²) in [6, 6.07) is 13.3. The van der Waals surface area contributed by atoms with E-state index in [0.717, 1.165) is 16.7 Å². The van der Waals surface area contributed by atoms with Gasteiger partial charge in [-0.25, -0.2) is 0 Å². The lowest BCUT2D eigenvalue weighted by Gasteiger charge is -2.09. The predicted molar refractivity (Wildman–Crippen MR) is 102 cm³/mol. The Morgan fingerprint density at radius 2 is 1.86 bits per heavy atom. The molecule has 0 aliphatic carbocycles. The van der Waals surface area contributed by atoms with Gasteiger partial charge in [0.15, 0.2) is 18.1 Å². The minimum atomic E-state index is -0.343. The Kier molecular flexibility index (Phi) is 6.26. The van der Waals surface area contributed by atoms with Crippen molar-refractivity contribution in [1.82, 2.24) is 10.2 Å². The number of methoxy groups -OCH3 is 2. The third kappa shape index (κ3) is 4.88. The molecule has 0 saturated carbocycles. The van der Waals surface area contributed by atoms with Crippen LogP contribution in [0.1, 0.15) is 23.4 Å². The van der Waals surface area contributed by atoms with Crippen LogP contribution in [-0.2, 0) is 22.6 Å². The van der Waals surface area contributed by atoms with Gasteiger partial charge in [-0.15, -0.1) is 10.2 Å². The maximum atomic E-state index is 12.0. The van der Waals surface area contributed by atoms with Gasteiger partial charge in [-0.3, -0.25) is 4.79 Å². The van der Waals surface area contributed by atoms with E-state index >= 15 is 0 Å². The quantitative estimate of drug-likeness (QED) is 0.549. The molecule has 7 heteroatoms.